The van der Waals surface area contributed by atoms with Crippen molar-refractivity contribution < 1.29 is 18.0 Å². The number of anilines is 1. The Balaban J connectivity index is 1.47. The molecule has 27 heavy (non-hydrogen) atoms. The molecule has 1 unspecified atom stereocenters. The lowest BCUT2D eigenvalue weighted by molar-refractivity contribution is -0.128. The number of rotatable bonds is 4. The summed E-state index contributed by atoms with van der Waals surface area (Å²) < 4.78 is 39.6. The van der Waals surface area contributed by atoms with Gasteiger partial charge in [-0.2, -0.15) is 0 Å². The third-order valence-electron chi connectivity index (χ3n) is 4.49. The molecule has 138 valence electrons. The van der Waals surface area contributed by atoms with Crippen molar-refractivity contribution in [2.45, 2.75) is 19.0 Å². The Hall–Kier alpha value is -3.16. The molecule has 1 aromatic heterocycles. The Morgan fingerprint density at radius 2 is 1.78 bits per heavy atom. The van der Waals surface area contributed by atoms with Crippen molar-refractivity contribution in [3.05, 3.63) is 65.6 Å². The van der Waals surface area contributed by atoms with Gasteiger partial charge in [-0.3, -0.25) is 9.78 Å². The van der Waals surface area contributed by atoms with Crippen molar-refractivity contribution in [1.29, 1.82) is 0 Å². The van der Waals surface area contributed by atoms with Gasteiger partial charge in [0.15, 0.2) is 11.6 Å². The molecule has 0 spiro atoms. The highest BCUT2D eigenvalue weighted by molar-refractivity contribution is 5.86. The number of halogens is 3. The highest BCUT2D eigenvalue weighted by atomic mass is 19.2. The van der Waals surface area contributed by atoms with Gasteiger partial charge in [0.25, 0.3) is 0 Å². The van der Waals surface area contributed by atoms with E-state index in [4.69, 9.17) is 0 Å². The average Bonchev–Trinajstić information content (AvgIpc) is 2.98. The minimum Gasteiger partial charge on any atom is -0.357 e. The predicted molar refractivity (Wildman–Crippen MR) is 93.3 cm³/mol. The molecule has 1 atom stereocenters. The van der Waals surface area contributed by atoms with E-state index >= 15 is 0 Å². The lowest BCUT2D eigenvalue weighted by Crippen LogP contribution is -2.33. The monoisotopic (exact) mass is 372 g/mol. The molecule has 1 aliphatic rings. The number of fused-ring (bicyclic) bond motifs is 1. The maximum atomic E-state index is 13.4. The quantitative estimate of drug-likeness (QED) is 0.764. The van der Waals surface area contributed by atoms with Gasteiger partial charge in [-0.25, -0.2) is 18.2 Å². The van der Waals surface area contributed by atoms with Crippen LogP contribution in [0.2, 0.25) is 0 Å². The number of likely N-dealkylation sites (tertiary alicyclic amines) is 1. The Morgan fingerprint density at radius 3 is 2.52 bits per heavy atom. The van der Waals surface area contributed by atoms with Crippen LogP contribution in [0.1, 0.15) is 12.0 Å². The van der Waals surface area contributed by atoms with Gasteiger partial charge in [0.05, 0.1) is 17.2 Å². The van der Waals surface area contributed by atoms with Crippen molar-refractivity contribution in [3.8, 4) is 0 Å². The molecule has 2 heterocycles. The molecule has 5 nitrogen and oxygen atoms in total. The molecule has 3 aromatic rings. The Labute approximate surface area is 152 Å². The molecule has 4 rings (SSSR count). The van der Waals surface area contributed by atoms with Gasteiger partial charge in [-0.05, 0) is 24.1 Å². The minimum atomic E-state index is -1.00. The Morgan fingerprint density at radius 1 is 1.07 bits per heavy atom. The van der Waals surface area contributed by atoms with E-state index in [9.17, 15) is 18.0 Å². The number of nitrogens with one attached hydrogen (secondary N) is 1. The van der Waals surface area contributed by atoms with Crippen LogP contribution in [0.15, 0.2) is 42.6 Å². The summed E-state index contributed by atoms with van der Waals surface area (Å²) in [4.78, 5) is 22.5. The van der Waals surface area contributed by atoms with E-state index in [0.29, 0.717) is 25.3 Å². The largest absolute Gasteiger partial charge is 0.357 e. The van der Waals surface area contributed by atoms with Crippen molar-refractivity contribution in [3.63, 3.8) is 0 Å². The first-order chi connectivity index (χ1) is 13.0. The second-order valence-corrected chi connectivity index (χ2v) is 6.38. The number of aromatic nitrogens is 2. The van der Waals surface area contributed by atoms with E-state index in [1.165, 1.54) is 18.3 Å². The van der Waals surface area contributed by atoms with Crippen LogP contribution in [0.5, 0.6) is 0 Å². The molecular weight excluding hydrogens is 357 g/mol. The van der Waals surface area contributed by atoms with Gasteiger partial charge in [-0.15, -0.1) is 0 Å². The maximum absolute atomic E-state index is 13.4. The van der Waals surface area contributed by atoms with Gasteiger partial charge in [0, 0.05) is 25.2 Å². The zero-order valence-electron chi connectivity index (χ0n) is 14.1. The molecular formula is C19H15F3N4O. The highest BCUT2D eigenvalue weighted by Gasteiger charge is 2.31. The first-order valence-corrected chi connectivity index (χ1v) is 8.41. The molecule has 1 saturated heterocycles. The van der Waals surface area contributed by atoms with Crippen LogP contribution in [-0.2, 0) is 11.3 Å². The Kier molecular flexibility index (Phi) is 4.39. The number of hydrogen-bond acceptors (Lipinski definition) is 4. The van der Waals surface area contributed by atoms with Crippen LogP contribution in [0.4, 0.5) is 19.0 Å². The van der Waals surface area contributed by atoms with Crippen LogP contribution < -0.4 is 5.32 Å². The smallest absolute Gasteiger partial charge is 0.245 e. The van der Waals surface area contributed by atoms with E-state index in [1.54, 1.807) is 17.0 Å². The fourth-order valence-electron chi connectivity index (χ4n) is 3.10. The molecule has 1 N–H and O–H groups in total. The summed E-state index contributed by atoms with van der Waals surface area (Å²) >= 11 is 0. The van der Waals surface area contributed by atoms with Gasteiger partial charge in [0.1, 0.15) is 17.7 Å². The first-order valence-electron chi connectivity index (χ1n) is 8.41. The molecule has 2 aromatic carbocycles. The fourth-order valence-corrected chi connectivity index (χ4v) is 3.10. The molecule has 0 aliphatic carbocycles. The predicted octanol–water partition coefficient (Wildman–Crippen LogP) is 3.26. The lowest BCUT2D eigenvalue weighted by Gasteiger charge is -2.17. The van der Waals surface area contributed by atoms with E-state index in [1.807, 2.05) is 0 Å². The third kappa shape index (κ3) is 3.55. The van der Waals surface area contributed by atoms with E-state index in [2.05, 4.69) is 15.3 Å². The van der Waals surface area contributed by atoms with Crippen LogP contribution in [0.25, 0.3) is 11.0 Å². The highest BCUT2D eigenvalue weighted by Crippen LogP contribution is 2.21. The number of amides is 1. The third-order valence-corrected chi connectivity index (χ3v) is 4.49. The maximum Gasteiger partial charge on any atom is 0.245 e. The molecule has 0 saturated carbocycles. The van der Waals surface area contributed by atoms with Gasteiger partial charge in [-0.1, -0.05) is 12.1 Å². The lowest BCUT2D eigenvalue weighted by atomic mass is 10.2. The topological polar surface area (TPSA) is 58.1 Å². The summed E-state index contributed by atoms with van der Waals surface area (Å²) in [5.74, 6) is -2.10. The molecule has 1 aliphatic heterocycles. The van der Waals surface area contributed by atoms with Crippen molar-refractivity contribution >= 4 is 22.8 Å². The molecule has 1 amide bonds. The standard InChI is InChI=1S/C19H15F3N4O/c20-12-3-1-11(2-4-12)10-26-6-5-15(19(26)27)24-18-9-23-16-7-13(21)14(22)8-17(16)25-18/h1-4,7-9,15H,5-6,10H2,(H,24,25). The second kappa shape index (κ2) is 6.86. The molecule has 1 fully saturated rings. The number of benzene rings is 2. The van der Waals surface area contributed by atoms with Crippen LogP contribution in [0.3, 0.4) is 0 Å². The molecule has 0 radical (unpaired) electrons. The summed E-state index contributed by atoms with van der Waals surface area (Å²) in [6, 6.07) is 7.48. The average molecular weight is 372 g/mol. The zero-order valence-corrected chi connectivity index (χ0v) is 14.1. The van der Waals surface area contributed by atoms with Crippen molar-refractivity contribution in [2.24, 2.45) is 0 Å². The van der Waals surface area contributed by atoms with Gasteiger partial charge >= 0.3 is 0 Å². The zero-order chi connectivity index (χ0) is 19.0. The molecule has 8 heteroatoms. The molecule has 0 bridgehead atoms. The van der Waals surface area contributed by atoms with Crippen molar-refractivity contribution in [1.82, 2.24) is 14.9 Å². The van der Waals surface area contributed by atoms with E-state index in [0.717, 1.165) is 17.7 Å². The van der Waals surface area contributed by atoms with Crippen LogP contribution in [-0.4, -0.2) is 33.4 Å². The Bertz CT molecular complexity index is 1010. The van der Waals surface area contributed by atoms with Crippen LogP contribution >= 0.6 is 0 Å². The van der Waals surface area contributed by atoms with E-state index < -0.39 is 17.7 Å². The summed E-state index contributed by atoms with van der Waals surface area (Å²) in [5.41, 5.74) is 1.27. The normalized spacial score (nSPS) is 16.9. The summed E-state index contributed by atoms with van der Waals surface area (Å²) in [6.07, 6.45) is 1.95. The van der Waals surface area contributed by atoms with Crippen molar-refractivity contribution in [2.75, 3.05) is 11.9 Å². The van der Waals surface area contributed by atoms with E-state index in [-0.39, 0.29) is 22.8 Å². The number of hydrogen-bond donors (Lipinski definition) is 1. The number of carbonyl (C=O) groups excluding carboxylic acids is 1. The summed E-state index contributed by atoms with van der Waals surface area (Å²) in [6.45, 7) is 0.944. The SMILES string of the molecule is O=C1C(Nc2cnc3cc(F)c(F)cc3n2)CCN1Cc1ccc(F)cc1. The fraction of sp³-hybridized carbons (Fsp3) is 0.211. The minimum absolute atomic E-state index is 0.105. The second-order valence-electron chi connectivity index (χ2n) is 6.38. The summed E-state index contributed by atoms with van der Waals surface area (Å²) in [7, 11) is 0. The van der Waals surface area contributed by atoms with Gasteiger partial charge < -0.3 is 10.2 Å². The van der Waals surface area contributed by atoms with Gasteiger partial charge in [0.2, 0.25) is 5.91 Å². The number of carbonyl (C=O) groups is 1. The van der Waals surface area contributed by atoms with Crippen LogP contribution in [0, 0.1) is 17.5 Å². The summed E-state index contributed by atoms with van der Waals surface area (Å²) in [5, 5.41) is 3.00. The number of nitrogens with zero attached hydrogens (tertiary/aromatic N) is 3. The first kappa shape index (κ1) is 17.3.